The quantitative estimate of drug-likeness (QED) is 0.0338. The summed E-state index contributed by atoms with van der Waals surface area (Å²) in [4.78, 5) is 54.7. The topological polar surface area (TPSA) is 330 Å². The fraction of sp³-hybridized carbons (Fsp3) is 0.627. The van der Waals surface area contributed by atoms with Crippen molar-refractivity contribution in [3.63, 3.8) is 0 Å². The second-order valence-corrected chi connectivity index (χ2v) is 20.1. The van der Waals surface area contributed by atoms with Crippen LogP contribution in [0.5, 0.6) is 0 Å². The Labute approximate surface area is 426 Å². The Bertz CT molecular complexity index is 2510. The van der Waals surface area contributed by atoms with Crippen LogP contribution in [-0.2, 0) is 57.4 Å². The van der Waals surface area contributed by atoms with Gasteiger partial charge in [0.25, 0.3) is 5.69 Å². The number of nitrogens with zero attached hydrogens (tertiary/aromatic N) is 4. The van der Waals surface area contributed by atoms with Crippen molar-refractivity contribution >= 4 is 34.4 Å². The van der Waals surface area contributed by atoms with Crippen LogP contribution in [0.1, 0.15) is 93.3 Å². The molecule has 0 bridgehead atoms. The average Bonchev–Trinajstić information content (AvgIpc) is 4.03. The first kappa shape index (κ1) is 54.8. The van der Waals surface area contributed by atoms with Crippen LogP contribution in [0.15, 0.2) is 60.9 Å². The molecule has 0 unspecified atom stereocenters. The van der Waals surface area contributed by atoms with Gasteiger partial charge in [-0.1, -0.05) is 62.4 Å². The van der Waals surface area contributed by atoms with E-state index in [4.69, 9.17) is 28.4 Å². The number of carbonyl (C=O) groups is 3. The number of benzene rings is 2. The molecule has 2 aromatic heterocycles. The zero-order valence-corrected chi connectivity index (χ0v) is 41.4. The summed E-state index contributed by atoms with van der Waals surface area (Å²) < 4.78 is 39.1. The number of aliphatic hydroxyl groups excluding tert-OH is 5. The average molecular weight is 1040 g/mol. The third kappa shape index (κ3) is 13.1. The number of carboxylic acid groups (broad SMARTS) is 1. The van der Waals surface area contributed by atoms with Crippen LogP contribution in [0, 0.1) is 27.9 Å². The number of non-ortho nitro benzene ring substituents is 1. The van der Waals surface area contributed by atoms with Crippen molar-refractivity contribution in [1.29, 1.82) is 0 Å². The van der Waals surface area contributed by atoms with Gasteiger partial charge in [-0.15, -0.1) is 5.10 Å². The Kier molecular flexibility index (Phi) is 18.4. The maximum atomic E-state index is 14.1. The van der Waals surface area contributed by atoms with Crippen molar-refractivity contribution in [2.24, 2.45) is 17.8 Å². The van der Waals surface area contributed by atoms with Gasteiger partial charge in [-0.2, -0.15) is 0 Å². The molecule has 74 heavy (non-hydrogen) atoms. The third-order valence-electron chi connectivity index (χ3n) is 14.9. The molecule has 4 heterocycles. The molecule has 23 heteroatoms. The summed E-state index contributed by atoms with van der Waals surface area (Å²) in [6.45, 7) is 3.26. The van der Waals surface area contributed by atoms with E-state index in [9.17, 15) is 55.1 Å². The maximum absolute atomic E-state index is 14.1. The molecule has 2 saturated carbocycles. The number of nitro benzene ring substituents is 1. The smallest absolute Gasteiger partial charge is 0.338 e. The minimum Gasteiger partial charge on any atom is -0.479 e. The standard InChI is InChI=1S/C51H68N6O17/c1-27-20-32(47(63)52-18-17-33-25-56(55-54-33)19-9-14-31-24-53-36-23-34(57(67)68)15-16-35(31)36)22-37(44(27)74-50-43(62)42(61)40(59)28(2)69-50)71-51-46(73-49(66)30-12-7-4-8-13-30)45(41(60)39(26-58)72-51)70-38(48(64)65)21-29-10-5-3-6-11-29/h4,7-8,12-13,15-16,23-25,27-29,32,37-46,50-51,53,58-62H,3,5-6,9-11,14,17-22,26H2,1-2H3,(H,52,63)(H,64,65)/t27-,28-,32+,37+,38-,39+,40+,41-,42+,43-,44+,45-,46+,50-,51+/m0/s1. The molecule has 1 amide bonds. The van der Waals surface area contributed by atoms with Gasteiger partial charge >= 0.3 is 11.9 Å². The summed E-state index contributed by atoms with van der Waals surface area (Å²) >= 11 is 0. The number of hydrogen-bond donors (Lipinski definition) is 8. The molecular formula is C51H68N6O17. The summed E-state index contributed by atoms with van der Waals surface area (Å²) in [7, 11) is 0. The minimum absolute atomic E-state index is 0.00985. The molecule has 4 aliphatic rings. The molecule has 0 spiro atoms. The number of H-pyrrole nitrogens is 1. The van der Waals surface area contributed by atoms with E-state index in [1.165, 1.54) is 31.2 Å². The molecule has 15 atom stereocenters. The van der Waals surface area contributed by atoms with Crippen LogP contribution in [0.4, 0.5) is 5.69 Å². The largest absolute Gasteiger partial charge is 0.479 e. The number of esters is 1. The van der Waals surface area contributed by atoms with Crippen molar-refractivity contribution in [2.45, 2.75) is 171 Å². The molecule has 8 N–H and O–H groups in total. The molecule has 2 aromatic carbocycles. The number of aliphatic hydroxyl groups is 5. The van der Waals surface area contributed by atoms with Crippen LogP contribution in [0.3, 0.4) is 0 Å². The lowest BCUT2D eigenvalue weighted by atomic mass is 9.77. The number of ether oxygens (including phenoxy) is 6. The molecular weight excluding hydrogens is 969 g/mol. The fourth-order valence-electron chi connectivity index (χ4n) is 10.8. The highest BCUT2D eigenvalue weighted by Gasteiger charge is 2.54. The van der Waals surface area contributed by atoms with Crippen LogP contribution in [0.25, 0.3) is 10.9 Å². The van der Waals surface area contributed by atoms with E-state index in [-0.39, 0.29) is 48.9 Å². The van der Waals surface area contributed by atoms with Crippen LogP contribution in [-0.4, -0.2) is 166 Å². The molecule has 2 saturated heterocycles. The highest BCUT2D eigenvalue weighted by atomic mass is 16.7. The van der Waals surface area contributed by atoms with E-state index in [1.54, 1.807) is 42.1 Å². The molecule has 4 fully saturated rings. The first-order valence-electron chi connectivity index (χ1n) is 25.6. The number of nitro groups is 1. The predicted octanol–water partition coefficient (Wildman–Crippen LogP) is 2.72. The number of aromatic nitrogens is 4. The van der Waals surface area contributed by atoms with E-state index in [0.29, 0.717) is 37.0 Å². The second-order valence-electron chi connectivity index (χ2n) is 20.1. The Morgan fingerprint density at radius 2 is 1.69 bits per heavy atom. The fourth-order valence-corrected chi connectivity index (χ4v) is 10.8. The van der Waals surface area contributed by atoms with Crippen molar-refractivity contribution < 1.29 is 78.4 Å². The van der Waals surface area contributed by atoms with Crippen LogP contribution in [0.2, 0.25) is 0 Å². The number of aryl methyl sites for hydroxylation is 2. The SMILES string of the molecule is C[C@@H]1O[C@@H](O[C@@H]2[C@@H](C)C[C@@H](C(=O)NCCc3cn(CCCc4c[nH]c5cc([N+](=O)[O-])ccc45)nn3)C[C@H]2O[C@@H]2O[C@H](CO)[C@H](O)[C@H](O[C@@H](CC3CCCCC3)C(=O)O)[C@H]2OC(=O)c2ccccc2)[C@@H](O)[C@H](O)[C@@H]1O. The summed E-state index contributed by atoms with van der Waals surface area (Å²) in [5, 5.41) is 88.6. The molecule has 4 aromatic rings. The number of carboxylic acids is 1. The van der Waals surface area contributed by atoms with Gasteiger partial charge in [-0.3, -0.25) is 19.6 Å². The van der Waals surface area contributed by atoms with Crippen molar-refractivity contribution in [3.05, 3.63) is 87.9 Å². The molecule has 404 valence electrons. The Hall–Kier alpha value is -5.47. The van der Waals surface area contributed by atoms with E-state index in [2.05, 4.69) is 20.6 Å². The molecule has 2 aliphatic carbocycles. The van der Waals surface area contributed by atoms with Crippen molar-refractivity contribution in [2.75, 3.05) is 13.2 Å². The minimum atomic E-state index is -1.71. The Morgan fingerprint density at radius 3 is 2.42 bits per heavy atom. The predicted molar refractivity (Wildman–Crippen MR) is 259 cm³/mol. The number of aromatic amines is 1. The van der Waals surface area contributed by atoms with Gasteiger partial charge < -0.3 is 69.4 Å². The highest BCUT2D eigenvalue weighted by Crippen LogP contribution is 2.39. The zero-order valence-electron chi connectivity index (χ0n) is 41.4. The molecule has 23 nitrogen and oxygen atoms in total. The lowest BCUT2D eigenvalue weighted by Gasteiger charge is -2.48. The number of amides is 1. The lowest BCUT2D eigenvalue weighted by Crippen LogP contribution is -2.64. The molecule has 0 radical (unpaired) electrons. The summed E-state index contributed by atoms with van der Waals surface area (Å²) in [5.74, 6) is -3.74. The van der Waals surface area contributed by atoms with E-state index >= 15 is 0 Å². The summed E-state index contributed by atoms with van der Waals surface area (Å²) in [6.07, 6.45) is -8.69. The number of fused-ring (bicyclic) bond motifs is 1. The second kappa shape index (κ2) is 24.9. The van der Waals surface area contributed by atoms with Gasteiger partial charge in [-0.05, 0) is 74.6 Å². The van der Waals surface area contributed by atoms with Crippen LogP contribution >= 0.6 is 0 Å². The first-order chi connectivity index (χ1) is 35.6. The number of aliphatic carboxylic acids is 1. The Morgan fingerprint density at radius 1 is 0.919 bits per heavy atom. The molecule has 2 aliphatic heterocycles. The van der Waals surface area contributed by atoms with Crippen molar-refractivity contribution in [1.82, 2.24) is 25.3 Å². The van der Waals surface area contributed by atoms with Gasteiger partial charge in [-0.25, -0.2) is 9.59 Å². The Balaban J connectivity index is 0.981. The maximum Gasteiger partial charge on any atom is 0.338 e. The lowest BCUT2D eigenvalue weighted by molar-refractivity contribution is -0.384. The number of carbonyl (C=O) groups excluding carboxylic acids is 2. The van der Waals surface area contributed by atoms with Gasteiger partial charge in [0.05, 0.1) is 46.6 Å². The van der Waals surface area contributed by atoms with Crippen LogP contribution < -0.4 is 5.32 Å². The highest BCUT2D eigenvalue weighted by molar-refractivity contribution is 5.89. The zero-order chi connectivity index (χ0) is 52.6. The van der Waals surface area contributed by atoms with Gasteiger partial charge in [0.2, 0.25) is 5.91 Å². The number of rotatable bonds is 21. The van der Waals surface area contributed by atoms with E-state index in [0.717, 1.165) is 43.1 Å². The normalized spacial score (nSPS) is 31.2. The van der Waals surface area contributed by atoms with E-state index < -0.39 is 115 Å². The summed E-state index contributed by atoms with van der Waals surface area (Å²) in [6, 6.07) is 12.7. The monoisotopic (exact) mass is 1040 g/mol. The number of nitrogens with one attached hydrogen (secondary N) is 2. The van der Waals surface area contributed by atoms with E-state index in [1.807, 2.05) is 6.20 Å². The van der Waals surface area contributed by atoms with Gasteiger partial charge in [0.15, 0.2) is 24.8 Å². The van der Waals surface area contributed by atoms with Crippen molar-refractivity contribution in [3.8, 4) is 0 Å². The third-order valence-corrected chi connectivity index (χ3v) is 14.9. The van der Waals surface area contributed by atoms with Gasteiger partial charge in [0.1, 0.15) is 36.6 Å². The molecule has 8 rings (SSSR count). The summed E-state index contributed by atoms with van der Waals surface area (Å²) in [5.41, 5.74) is 2.47. The first-order valence-corrected chi connectivity index (χ1v) is 25.6. The van der Waals surface area contributed by atoms with Gasteiger partial charge in [0, 0.05) is 55.3 Å². The number of hydrogen-bond acceptors (Lipinski definition) is 18.